The van der Waals surface area contributed by atoms with Crippen molar-refractivity contribution < 1.29 is 0 Å². The Morgan fingerprint density at radius 3 is 2.26 bits per heavy atom. The Balaban J connectivity index is 1.87. The molecule has 0 unspecified atom stereocenters. The van der Waals surface area contributed by atoms with Gasteiger partial charge in [0.15, 0.2) is 0 Å². The monoisotopic (exact) mass is 358 g/mol. The number of imidazole rings is 2. The van der Waals surface area contributed by atoms with Crippen LogP contribution in [0.1, 0.15) is 31.9 Å². The smallest absolute Gasteiger partial charge is 0.261 e. The van der Waals surface area contributed by atoms with Gasteiger partial charge in [0.2, 0.25) is 0 Å². The van der Waals surface area contributed by atoms with Gasteiger partial charge in [0.05, 0.1) is 5.71 Å². The summed E-state index contributed by atoms with van der Waals surface area (Å²) in [5.41, 5.74) is 7.96. The number of fused-ring (bicyclic) bond motifs is 4. The fourth-order valence-corrected chi connectivity index (χ4v) is 4.18. The van der Waals surface area contributed by atoms with Gasteiger partial charge in [-0.15, -0.1) is 9.97 Å². The van der Waals surface area contributed by atoms with Crippen LogP contribution in [0.5, 0.6) is 0 Å². The minimum Gasteiger partial charge on any atom is -0.261 e. The van der Waals surface area contributed by atoms with Gasteiger partial charge in [-0.05, 0) is 70.0 Å². The van der Waals surface area contributed by atoms with Crippen molar-refractivity contribution in [2.75, 3.05) is 0 Å². The highest BCUT2D eigenvalue weighted by atomic mass is 15.4. The lowest BCUT2D eigenvalue weighted by Gasteiger charge is -2.19. The molecule has 4 aromatic rings. The third-order valence-corrected chi connectivity index (χ3v) is 6.20. The van der Waals surface area contributed by atoms with Gasteiger partial charge in [0, 0.05) is 7.05 Å². The van der Waals surface area contributed by atoms with Crippen LogP contribution >= 0.6 is 0 Å². The standard InChI is InChI=1S/C22H24N5/c1-13-11-17-19(12-14(13)2)27-21(24-17)26(15(3)22(27,4)5)20-23-16-9-7-8-10-18(16)25(20)6/h7-12H,1-6H3/q+1. The number of aryl methyl sites for hydroxylation is 3. The molecule has 0 spiro atoms. The molecule has 5 rings (SSSR count). The van der Waals surface area contributed by atoms with E-state index in [0.29, 0.717) is 0 Å². The Morgan fingerprint density at radius 1 is 0.852 bits per heavy atom. The fourth-order valence-electron chi connectivity index (χ4n) is 4.18. The minimum atomic E-state index is -0.177. The second kappa shape index (κ2) is 5.06. The average Bonchev–Trinajstić information content (AvgIpc) is 3.20. The number of para-hydroxylation sites is 2. The summed E-state index contributed by atoms with van der Waals surface area (Å²) >= 11 is 0. The summed E-state index contributed by atoms with van der Waals surface area (Å²) in [6, 6.07) is 12.7. The van der Waals surface area contributed by atoms with Crippen LogP contribution in [-0.4, -0.2) is 24.8 Å². The number of hydrogen-bond donors (Lipinski definition) is 0. The van der Waals surface area contributed by atoms with Crippen LogP contribution in [-0.2, 0) is 12.6 Å². The summed E-state index contributed by atoms with van der Waals surface area (Å²) in [5, 5.41) is 0. The molecule has 0 amide bonds. The van der Waals surface area contributed by atoms with E-state index >= 15 is 0 Å². The van der Waals surface area contributed by atoms with Crippen molar-refractivity contribution in [1.29, 1.82) is 0 Å². The summed E-state index contributed by atoms with van der Waals surface area (Å²) in [7, 11) is 2.07. The zero-order valence-corrected chi connectivity index (χ0v) is 16.7. The maximum atomic E-state index is 5.03. The summed E-state index contributed by atoms with van der Waals surface area (Å²) in [5.74, 6) is 1.85. The molecule has 0 N–H and O–H groups in total. The number of benzene rings is 2. The number of aromatic nitrogens is 4. The zero-order chi connectivity index (χ0) is 19.1. The Bertz CT molecular complexity index is 1280. The van der Waals surface area contributed by atoms with Gasteiger partial charge in [-0.2, -0.15) is 4.58 Å². The first-order valence-electron chi connectivity index (χ1n) is 9.36. The molecule has 0 fully saturated rings. The Hall–Kier alpha value is -2.95. The fraction of sp³-hybridized carbons (Fsp3) is 0.318. The highest BCUT2D eigenvalue weighted by molar-refractivity contribution is 5.99. The largest absolute Gasteiger partial charge is 0.334 e. The lowest BCUT2D eigenvalue weighted by molar-refractivity contribution is 0.528. The number of hydrogen-bond acceptors (Lipinski definition) is 2. The normalized spacial score (nSPS) is 15.9. The molecule has 0 saturated heterocycles. The molecule has 2 aromatic heterocycles. The molecule has 136 valence electrons. The topological polar surface area (TPSA) is 38.6 Å². The molecule has 0 radical (unpaired) electrons. The van der Waals surface area contributed by atoms with Crippen molar-refractivity contribution in [1.82, 2.24) is 23.7 Å². The molecule has 0 bridgehead atoms. The molecule has 1 aliphatic heterocycles. The molecule has 5 nitrogen and oxygen atoms in total. The van der Waals surface area contributed by atoms with Crippen LogP contribution in [0.15, 0.2) is 36.4 Å². The van der Waals surface area contributed by atoms with Crippen LogP contribution in [0.25, 0.3) is 22.1 Å². The molecule has 5 heteroatoms. The van der Waals surface area contributed by atoms with E-state index in [2.05, 4.69) is 85.7 Å². The summed E-state index contributed by atoms with van der Waals surface area (Å²) in [6.07, 6.45) is 0. The Morgan fingerprint density at radius 2 is 1.52 bits per heavy atom. The highest BCUT2D eigenvalue weighted by Gasteiger charge is 2.44. The predicted octanol–water partition coefficient (Wildman–Crippen LogP) is 4.58. The van der Waals surface area contributed by atoms with E-state index in [4.69, 9.17) is 9.97 Å². The quantitative estimate of drug-likeness (QED) is 0.467. The van der Waals surface area contributed by atoms with Crippen molar-refractivity contribution in [2.45, 2.75) is 40.2 Å². The first-order valence-corrected chi connectivity index (χ1v) is 9.36. The number of nitrogens with zero attached hydrogens (tertiary/aromatic N) is 5. The summed E-state index contributed by atoms with van der Waals surface area (Å²) in [4.78, 5) is 9.95. The first-order chi connectivity index (χ1) is 12.8. The van der Waals surface area contributed by atoms with Crippen molar-refractivity contribution in [3.05, 3.63) is 47.5 Å². The van der Waals surface area contributed by atoms with Gasteiger partial charge in [-0.25, -0.2) is 4.57 Å². The molecule has 0 saturated carbocycles. The van der Waals surface area contributed by atoms with Crippen molar-refractivity contribution in [2.24, 2.45) is 7.05 Å². The molecule has 0 aliphatic carbocycles. The first kappa shape index (κ1) is 16.2. The molecule has 3 heterocycles. The van der Waals surface area contributed by atoms with Crippen LogP contribution in [0.2, 0.25) is 0 Å². The molecule has 2 aromatic carbocycles. The maximum absolute atomic E-state index is 5.03. The minimum absolute atomic E-state index is 0.177. The third-order valence-electron chi connectivity index (χ3n) is 6.20. The Labute approximate surface area is 158 Å². The summed E-state index contributed by atoms with van der Waals surface area (Å²) in [6.45, 7) is 11.0. The van der Waals surface area contributed by atoms with Gasteiger partial charge < -0.3 is 0 Å². The lowest BCUT2D eigenvalue weighted by atomic mass is 9.99. The molecule has 1 aliphatic rings. The van der Waals surface area contributed by atoms with Crippen LogP contribution in [0.4, 0.5) is 11.9 Å². The number of rotatable bonds is 1. The van der Waals surface area contributed by atoms with Crippen LogP contribution in [0, 0.1) is 13.8 Å². The van der Waals surface area contributed by atoms with E-state index in [0.717, 1.165) is 28.4 Å². The molecular formula is C22H24N5+. The van der Waals surface area contributed by atoms with E-state index in [1.807, 2.05) is 6.07 Å². The lowest BCUT2D eigenvalue weighted by Crippen LogP contribution is -2.32. The predicted molar refractivity (Wildman–Crippen MR) is 111 cm³/mol. The highest BCUT2D eigenvalue weighted by Crippen LogP contribution is 2.39. The second-order valence-electron chi connectivity index (χ2n) is 8.11. The van der Waals surface area contributed by atoms with Gasteiger partial charge in [0.1, 0.15) is 27.6 Å². The summed E-state index contributed by atoms with van der Waals surface area (Å²) < 4.78 is 6.72. The van der Waals surface area contributed by atoms with Gasteiger partial charge in [-0.1, -0.05) is 12.1 Å². The van der Waals surface area contributed by atoms with Crippen LogP contribution in [0.3, 0.4) is 0 Å². The Kier molecular flexibility index (Phi) is 3.05. The van der Waals surface area contributed by atoms with E-state index in [1.165, 1.54) is 22.4 Å². The average molecular weight is 358 g/mol. The van der Waals surface area contributed by atoms with E-state index < -0.39 is 0 Å². The van der Waals surface area contributed by atoms with E-state index in [9.17, 15) is 0 Å². The van der Waals surface area contributed by atoms with Gasteiger partial charge >= 0.3 is 11.9 Å². The van der Waals surface area contributed by atoms with Crippen molar-refractivity contribution >= 4 is 39.7 Å². The van der Waals surface area contributed by atoms with E-state index in [-0.39, 0.29) is 5.54 Å². The van der Waals surface area contributed by atoms with Crippen molar-refractivity contribution in [3.8, 4) is 0 Å². The van der Waals surface area contributed by atoms with E-state index in [1.54, 1.807) is 0 Å². The third kappa shape index (κ3) is 1.97. The maximum Gasteiger partial charge on any atom is 0.334 e. The van der Waals surface area contributed by atoms with Gasteiger partial charge in [-0.3, -0.25) is 4.57 Å². The molecule has 27 heavy (non-hydrogen) atoms. The SMILES string of the molecule is CC1=[N+](c2nc3ccccc3n2C)c2nc3cc(C)c(C)cc3n2C1(C)C. The van der Waals surface area contributed by atoms with Crippen LogP contribution < -0.4 is 4.58 Å². The molecule has 0 atom stereocenters. The van der Waals surface area contributed by atoms with Gasteiger partial charge in [0.25, 0.3) is 0 Å². The molecular weight excluding hydrogens is 334 g/mol. The zero-order valence-electron chi connectivity index (χ0n) is 16.7. The second-order valence-corrected chi connectivity index (χ2v) is 8.11. The van der Waals surface area contributed by atoms with Crippen molar-refractivity contribution in [3.63, 3.8) is 0 Å².